The van der Waals surface area contributed by atoms with Crippen LogP contribution in [-0.4, -0.2) is 38.1 Å². The first-order valence-electron chi connectivity index (χ1n) is 7.28. The van der Waals surface area contributed by atoms with Crippen molar-refractivity contribution in [1.82, 2.24) is 0 Å². The molecule has 0 radical (unpaired) electrons. The maximum Gasteiger partial charge on any atom is 0.184 e. The third-order valence-corrected chi connectivity index (χ3v) is 4.52. The summed E-state index contributed by atoms with van der Waals surface area (Å²) in [6.07, 6.45) is 1.46. The molecule has 2 saturated heterocycles. The van der Waals surface area contributed by atoms with Crippen LogP contribution in [0, 0.1) is 6.92 Å². The second kappa shape index (κ2) is 5.82. The van der Waals surface area contributed by atoms with Gasteiger partial charge in [0, 0.05) is 24.2 Å². The van der Waals surface area contributed by atoms with Gasteiger partial charge in [0.15, 0.2) is 6.29 Å². The van der Waals surface area contributed by atoms with E-state index in [1.54, 1.807) is 0 Å². The molecule has 3 rings (SSSR count). The molecule has 2 fully saturated rings. The van der Waals surface area contributed by atoms with Gasteiger partial charge in [0.2, 0.25) is 0 Å². The highest BCUT2D eigenvalue weighted by Gasteiger charge is 2.34. The first-order chi connectivity index (χ1) is 9.75. The normalized spacial score (nSPS) is 23.1. The molecule has 2 heterocycles. The summed E-state index contributed by atoms with van der Waals surface area (Å²) in [4.78, 5) is 0. The summed E-state index contributed by atoms with van der Waals surface area (Å²) in [7, 11) is 0. The minimum Gasteiger partial charge on any atom is -0.395 e. The van der Waals surface area contributed by atoms with E-state index in [0.717, 1.165) is 18.4 Å². The maximum absolute atomic E-state index is 9.90. The Balaban J connectivity index is 1.94. The number of rotatable bonds is 3. The molecule has 0 unspecified atom stereocenters. The van der Waals surface area contributed by atoms with Crippen LogP contribution in [0.15, 0.2) is 18.2 Å². The van der Waals surface area contributed by atoms with Crippen molar-refractivity contribution < 1.29 is 19.3 Å². The lowest BCUT2D eigenvalue weighted by molar-refractivity contribution is -0.0447. The molecule has 0 aromatic heterocycles. The Kier molecular flexibility index (Phi) is 4.08. The summed E-state index contributed by atoms with van der Waals surface area (Å²) in [6, 6.07) is 6.37. The summed E-state index contributed by atoms with van der Waals surface area (Å²) in [5.74, 6) is 0. The fraction of sp³-hybridized carbons (Fsp3) is 0.625. The van der Waals surface area contributed by atoms with Crippen molar-refractivity contribution in [3.8, 4) is 0 Å². The standard InChI is InChI=1S/C16H22O4/c1-12-2-3-13(10-14(12)15-19-8-9-20-15)16(11-17)4-6-18-7-5-16/h2-3,10,15,17H,4-9,11H2,1H3. The summed E-state index contributed by atoms with van der Waals surface area (Å²) >= 11 is 0. The average Bonchev–Trinajstić information content (AvgIpc) is 3.02. The van der Waals surface area contributed by atoms with Crippen LogP contribution in [0.2, 0.25) is 0 Å². The Bertz CT molecular complexity index is 460. The number of aliphatic hydroxyl groups is 1. The fourth-order valence-corrected chi connectivity index (χ4v) is 3.06. The van der Waals surface area contributed by atoms with Crippen molar-refractivity contribution in [3.05, 3.63) is 34.9 Å². The van der Waals surface area contributed by atoms with Crippen LogP contribution < -0.4 is 0 Å². The van der Waals surface area contributed by atoms with Gasteiger partial charge in [-0.25, -0.2) is 0 Å². The molecular weight excluding hydrogens is 256 g/mol. The average molecular weight is 278 g/mol. The second-order valence-electron chi connectivity index (χ2n) is 5.70. The molecule has 4 heteroatoms. The first kappa shape index (κ1) is 14.0. The number of aliphatic hydroxyl groups excluding tert-OH is 1. The zero-order valence-electron chi connectivity index (χ0n) is 11.9. The van der Waals surface area contributed by atoms with Crippen molar-refractivity contribution in [1.29, 1.82) is 0 Å². The Labute approximate surface area is 119 Å². The van der Waals surface area contributed by atoms with E-state index in [1.165, 1.54) is 11.1 Å². The molecule has 20 heavy (non-hydrogen) atoms. The molecule has 2 aliphatic rings. The van der Waals surface area contributed by atoms with E-state index in [9.17, 15) is 5.11 Å². The van der Waals surface area contributed by atoms with E-state index < -0.39 is 0 Å². The molecular formula is C16H22O4. The Morgan fingerprint density at radius 1 is 1.15 bits per heavy atom. The van der Waals surface area contributed by atoms with E-state index in [-0.39, 0.29) is 18.3 Å². The van der Waals surface area contributed by atoms with E-state index in [0.29, 0.717) is 26.4 Å². The molecule has 0 bridgehead atoms. The first-order valence-corrected chi connectivity index (χ1v) is 7.28. The molecule has 0 aliphatic carbocycles. The molecule has 0 spiro atoms. The molecule has 1 aromatic rings. The summed E-state index contributed by atoms with van der Waals surface area (Å²) in [6.45, 7) is 4.94. The van der Waals surface area contributed by atoms with Crippen LogP contribution in [0.1, 0.15) is 35.8 Å². The Morgan fingerprint density at radius 2 is 1.85 bits per heavy atom. The quantitative estimate of drug-likeness (QED) is 0.919. The summed E-state index contributed by atoms with van der Waals surface area (Å²) < 4.78 is 16.7. The highest BCUT2D eigenvalue weighted by Crippen LogP contribution is 2.37. The van der Waals surface area contributed by atoms with Crippen LogP contribution in [0.5, 0.6) is 0 Å². The third kappa shape index (κ3) is 2.49. The van der Waals surface area contributed by atoms with Crippen molar-refractivity contribution in [2.75, 3.05) is 33.0 Å². The lowest BCUT2D eigenvalue weighted by atomic mass is 9.74. The topological polar surface area (TPSA) is 47.9 Å². The molecule has 1 aromatic carbocycles. The Morgan fingerprint density at radius 3 is 2.50 bits per heavy atom. The zero-order valence-corrected chi connectivity index (χ0v) is 11.9. The predicted octanol–water partition coefficient (Wildman–Crippen LogP) is 2.08. The van der Waals surface area contributed by atoms with Gasteiger partial charge in [-0.15, -0.1) is 0 Å². The van der Waals surface area contributed by atoms with Gasteiger partial charge >= 0.3 is 0 Å². The van der Waals surface area contributed by atoms with E-state index in [2.05, 4.69) is 25.1 Å². The third-order valence-electron chi connectivity index (χ3n) is 4.52. The van der Waals surface area contributed by atoms with Crippen molar-refractivity contribution in [2.45, 2.75) is 31.5 Å². The fourth-order valence-electron chi connectivity index (χ4n) is 3.06. The molecule has 110 valence electrons. The largest absolute Gasteiger partial charge is 0.395 e. The molecule has 0 atom stereocenters. The van der Waals surface area contributed by atoms with Gasteiger partial charge in [-0.2, -0.15) is 0 Å². The minimum atomic E-state index is -0.259. The molecule has 0 saturated carbocycles. The molecule has 1 N–H and O–H groups in total. The highest BCUT2D eigenvalue weighted by molar-refractivity contribution is 5.37. The van der Waals surface area contributed by atoms with Crippen LogP contribution >= 0.6 is 0 Å². The van der Waals surface area contributed by atoms with Gasteiger partial charge in [-0.05, 0) is 37.0 Å². The van der Waals surface area contributed by atoms with Gasteiger partial charge in [-0.1, -0.05) is 12.1 Å². The van der Waals surface area contributed by atoms with Crippen LogP contribution in [0.3, 0.4) is 0 Å². The predicted molar refractivity (Wildman–Crippen MR) is 74.6 cm³/mol. The SMILES string of the molecule is Cc1ccc(C2(CO)CCOCC2)cc1C1OCCO1. The van der Waals surface area contributed by atoms with Crippen molar-refractivity contribution in [2.24, 2.45) is 0 Å². The van der Waals surface area contributed by atoms with Gasteiger partial charge in [-0.3, -0.25) is 0 Å². The summed E-state index contributed by atoms with van der Waals surface area (Å²) in [5, 5.41) is 9.90. The van der Waals surface area contributed by atoms with Gasteiger partial charge in [0.05, 0.1) is 19.8 Å². The zero-order chi connectivity index (χ0) is 14.0. The lowest BCUT2D eigenvalue weighted by Crippen LogP contribution is -2.37. The number of ether oxygens (including phenoxy) is 3. The van der Waals surface area contributed by atoms with Crippen molar-refractivity contribution in [3.63, 3.8) is 0 Å². The lowest BCUT2D eigenvalue weighted by Gasteiger charge is -2.36. The van der Waals surface area contributed by atoms with Crippen LogP contribution in [-0.2, 0) is 19.6 Å². The maximum atomic E-state index is 9.90. The van der Waals surface area contributed by atoms with E-state index in [1.807, 2.05) is 0 Å². The number of benzene rings is 1. The minimum absolute atomic E-state index is 0.158. The van der Waals surface area contributed by atoms with E-state index in [4.69, 9.17) is 14.2 Å². The number of hydrogen-bond donors (Lipinski definition) is 1. The van der Waals surface area contributed by atoms with Crippen LogP contribution in [0.25, 0.3) is 0 Å². The molecule has 2 aliphatic heterocycles. The summed E-state index contributed by atoms with van der Waals surface area (Å²) in [5.41, 5.74) is 3.24. The van der Waals surface area contributed by atoms with Gasteiger partial charge < -0.3 is 19.3 Å². The van der Waals surface area contributed by atoms with Crippen molar-refractivity contribution >= 4 is 0 Å². The van der Waals surface area contributed by atoms with E-state index >= 15 is 0 Å². The monoisotopic (exact) mass is 278 g/mol. The smallest absolute Gasteiger partial charge is 0.184 e. The molecule has 4 nitrogen and oxygen atoms in total. The number of aryl methyl sites for hydroxylation is 1. The van der Waals surface area contributed by atoms with Crippen LogP contribution in [0.4, 0.5) is 0 Å². The second-order valence-corrected chi connectivity index (χ2v) is 5.70. The Hall–Kier alpha value is -0.940. The van der Waals surface area contributed by atoms with Gasteiger partial charge in [0.25, 0.3) is 0 Å². The highest BCUT2D eigenvalue weighted by atomic mass is 16.7. The van der Waals surface area contributed by atoms with Gasteiger partial charge in [0.1, 0.15) is 0 Å². The molecule has 0 amide bonds. The number of hydrogen-bond acceptors (Lipinski definition) is 4.